The van der Waals surface area contributed by atoms with E-state index in [0.29, 0.717) is 6.42 Å². The number of halogens is 1. The highest BCUT2D eigenvalue weighted by atomic mass is 19.1. The summed E-state index contributed by atoms with van der Waals surface area (Å²) in [7, 11) is 0. The van der Waals surface area contributed by atoms with E-state index in [1.807, 2.05) is 25.1 Å². The van der Waals surface area contributed by atoms with Gasteiger partial charge in [-0.25, -0.2) is 4.39 Å². The zero-order valence-corrected chi connectivity index (χ0v) is 8.49. The van der Waals surface area contributed by atoms with Crippen LogP contribution in [0.4, 0.5) is 4.39 Å². The van der Waals surface area contributed by atoms with E-state index in [9.17, 15) is 4.39 Å². The zero-order valence-electron chi connectivity index (χ0n) is 8.49. The Morgan fingerprint density at radius 3 is 2.64 bits per heavy atom. The normalized spacial score (nSPS) is 28.1. The molecule has 2 atom stereocenters. The van der Waals surface area contributed by atoms with Gasteiger partial charge in [-0.1, -0.05) is 30.3 Å². The Kier molecular flexibility index (Phi) is 2.82. The van der Waals surface area contributed by atoms with Crippen LogP contribution in [-0.2, 0) is 6.54 Å². The molecule has 0 saturated carbocycles. The molecule has 2 rings (SSSR count). The Morgan fingerprint density at radius 1 is 1.36 bits per heavy atom. The summed E-state index contributed by atoms with van der Waals surface area (Å²) in [5.41, 5.74) is 1.27. The van der Waals surface area contributed by atoms with Crippen LogP contribution < -0.4 is 0 Å². The minimum atomic E-state index is -0.640. The van der Waals surface area contributed by atoms with Crippen molar-refractivity contribution in [1.29, 1.82) is 0 Å². The molecule has 0 amide bonds. The van der Waals surface area contributed by atoms with Crippen molar-refractivity contribution < 1.29 is 4.39 Å². The maximum Gasteiger partial charge on any atom is 0.117 e. The number of benzene rings is 1. The maximum absolute atomic E-state index is 13.2. The number of likely N-dealkylation sites (tertiary alicyclic amines) is 1. The number of nitrogens with zero attached hydrogens (tertiary/aromatic N) is 1. The molecule has 76 valence electrons. The molecule has 1 heterocycles. The minimum absolute atomic E-state index is 0.0789. The number of hydrogen-bond acceptors (Lipinski definition) is 1. The number of hydrogen-bond donors (Lipinski definition) is 0. The molecule has 0 radical (unpaired) electrons. The summed E-state index contributed by atoms with van der Waals surface area (Å²) in [6.07, 6.45) is 0.0484. The van der Waals surface area contributed by atoms with Gasteiger partial charge in [0.2, 0.25) is 0 Å². The van der Waals surface area contributed by atoms with Gasteiger partial charge in [-0.2, -0.15) is 0 Å². The van der Waals surface area contributed by atoms with Gasteiger partial charge < -0.3 is 0 Å². The Hall–Kier alpha value is -0.890. The van der Waals surface area contributed by atoms with Crippen LogP contribution in [0.5, 0.6) is 0 Å². The predicted molar refractivity (Wildman–Crippen MR) is 55.8 cm³/mol. The summed E-state index contributed by atoms with van der Waals surface area (Å²) in [6.45, 7) is 3.74. The zero-order chi connectivity index (χ0) is 9.97. The molecule has 0 aromatic heterocycles. The highest BCUT2D eigenvalue weighted by molar-refractivity contribution is 5.14. The van der Waals surface area contributed by atoms with Gasteiger partial charge in [-0.05, 0) is 18.9 Å². The Balaban J connectivity index is 1.99. The molecule has 1 aromatic rings. The Bertz CT molecular complexity index is 286. The molecule has 0 N–H and O–H groups in total. The van der Waals surface area contributed by atoms with Crippen LogP contribution in [0.15, 0.2) is 30.3 Å². The summed E-state index contributed by atoms with van der Waals surface area (Å²) < 4.78 is 13.2. The molecule has 0 unspecified atom stereocenters. The molecular weight excluding hydrogens is 177 g/mol. The van der Waals surface area contributed by atoms with Crippen molar-refractivity contribution in [2.24, 2.45) is 0 Å². The molecule has 1 fully saturated rings. The first-order valence-corrected chi connectivity index (χ1v) is 5.19. The van der Waals surface area contributed by atoms with Crippen molar-refractivity contribution in [2.75, 3.05) is 6.54 Å². The lowest BCUT2D eigenvalue weighted by atomic mass is 10.2. The molecule has 0 aliphatic carbocycles. The lowest BCUT2D eigenvalue weighted by molar-refractivity contribution is 0.202. The largest absolute Gasteiger partial charge is 0.293 e. The standard InChI is InChI=1S/C12H16FN/c1-10-12(13)7-8-14(10)9-11-5-3-2-4-6-11/h2-6,10,12H,7-9H2,1H3/t10-,12-/m1/s1. The Labute approximate surface area is 84.5 Å². The number of alkyl halides is 1. The van der Waals surface area contributed by atoms with Crippen LogP contribution in [0.1, 0.15) is 18.9 Å². The molecule has 1 aliphatic rings. The average molecular weight is 193 g/mol. The van der Waals surface area contributed by atoms with Crippen molar-refractivity contribution in [3.8, 4) is 0 Å². The fourth-order valence-electron chi connectivity index (χ4n) is 2.00. The van der Waals surface area contributed by atoms with Crippen LogP contribution in [0.25, 0.3) is 0 Å². The van der Waals surface area contributed by atoms with E-state index < -0.39 is 6.17 Å². The second kappa shape index (κ2) is 4.09. The molecule has 2 heteroatoms. The fourth-order valence-corrected chi connectivity index (χ4v) is 2.00. The SMILES string of the molecule is C[C@@H]1[C@H](F)CCN1Cc1ccccc1. The highest BCUT2D eigenvalue weighted by Gasteiger charge is 2.29. The lowest BCUT2D eigenvalue weighted by Crippen LogP contribution is -2.30. The summed E-state index contributed by atoms with van der Waals surface area (Å²) in [5, 5.41) is 0. The third kappa shape index (κ3) is 1.95. The van der Waals surface area contributed by atoms with Crippen LogP contribution >= 0.6 is 0 Å². The second-order valence-corrected chi connectivity index (χ2v) is 4.00. The first-order chi connectivity index (χ1) is 6.77. The van der Waals surface area contributed by atoms with Crippen molar-refractivity contribution in [2.45, 2.75) is 32.1 Å². The maximum atomic E-state index is 13.2. The molecule has 1 aromatic carbocycles. The predicted octanol–water partition coefficient (Wildman–Crippen LogP) is 2.62. The van der Waals surface area contributed by atoms with Gasteiger partial charge in [-0.15, -0.1) is 0 Å². The van der Waals surface area contributed by atoms with Crippen LogP contribution in [0.2, 0.25) is 0 Å². The third-order valence-electron chi connectivity index (χ3n) is 3.02. The highest BCUT2D eigenvalue weighted by Crippen LogP contribution is 2.22. The van der Waals surface area contributed by atoms with Gasteiger partial charge in [0.05, 0.1) is 0 Å². The molecular formula is C12H16FN. The quantitative estimate of drug-likeness (QED) is 0.698. The van der Waals surface area contributed by atoms with E-state index in [4.69, 9.17) is 0 Å². The monoisotopic (exact) mass is 193 g/mol. The van der Waals surface area contributed by atoms with Crippen molar-refractivity contribution >= 4 is 0 Å². The molecule has 1 nitrogen and oxygen atoms in total. The fraction of sp³-hybridized carbons (Fsp3) is 0.500. The van der Waals surface area contributed by atoms with Gasteiger partial charge in [0.15, 0.2) is 0 Å². The first kappa shape index (κ1) is 9.66. The van der Waals surface area contributed by atoms with Crippen LogP contribution in [0, 0.1) is 0 Å². The molecule has 0 spiro atoms. The summed E-state index contributed by atoms with van der Waals surface area (Å²) >= 11 is 0. The van der Waals surface area contributed by atoms with Crippen LogP contribution in [0.3, 0.4) is 0 Å². The minimum Gasteiger partial charge on any atom is -0.293 e. The summed E-state index contributed by atoms with van der Waals surface area (Å²) in [6, 6.07) is 10.3. The van der Waals surface area contributed by atoms with E-state index in [2.05, 4.69) is 17.0 Å². The van der Waals surface area contributed by atoms with Crippen molar-refractivity contribution in [3.63, 3.8) is 0 Å². The molecule has 1 saturated heterocycles. The van der Waals surface area contributed by atoms with Gasteiger partial charge in [0.1, 0.15) is 6.17 Å². The topological polar surface area (TPSA) is 3.24 Å². The van der Waals surface area contributed by atoms with Crippen molar-refractivity contribution in [1.82, 2.24) is 4.90 Å². The van der Waals surface area contributed by atoms with Gasteiger partial charge in [0, 0.05) is 19.1 Å². The van der Waals surface area contributed by atoms with E-state index >= 15 is 0 Å². The van der Waals surface area contributed by atoms with E-state index in [0.717, 1.165) is 13.1 Å². The third-order valence-corrected chi connectivity index (χ3v) is 3.02. The average Bonchev–Trinajstić information content (AvgIpc) is 2.52. The Morgan fingerprint density at radius 2 is 2.07 bits per heavy atom. The van der Waals surface area contributed by atoms with Crippen molar-refractivity contribution in [3.05, 3.63) is 35.9 Å². The van der Waals surface area contributed by atoms with Gasteiger partial charge in [0.25, 0.3) is 0 Å². The van der Waals surface area contributed by atoms with Gasteiger partial charge in [-0.3, -0.25) is 4.90 Å². The molecule has 0 bridgehead atoms. The first-order valence-electron chi connectivity index (χ1n) is 5.19. The van der Waals surface area contributed by atoms with Gasteiger partial charge >= 0.3 is 0 Å². The number of rotatable bonds is 2. The second-order valence-electron chi connectivity index (χ2n) is 4.00. The summed E-state index contributed by atoms with van der Waals surface area (Å²) in [5.74, 6) is 0. The van der Waals surface area contributed by atoms with E-state index in [-0.39, 0.29) is 6.04 Å². The molecule has 1 aliphatic heterocycles. The molecule has 14 heavy (non-hydrogen) atoms. The lowest BCUT2D eigenvalue weighted by Gasteiger charge is -2.21. The smallest absolute Gasteiger partial charge is 0.117 e. The van der Waals surface area contributed by atoms with E-state index in [1.165, 1.54) is 5.56 Å². The van der Waals surface area contributed by atoms with E-state index in [1.54, 1.807) is 0 Å². The van der Waals surface area contributed by atoms with Crippen LogP contribution in [-0.4, -0.2) is 23.7 Å². The summed E-state index contributed by atoms with van der Waals surface area (Å²) in [4.78, 5) is 2.21.